The Morgan fingerprint density at radius 3 is 2.73 bits per heavy atom. The molecule has 1 aromatic heterocycles. The lowest BCUT2D eigenvalue weighted by Crippen LogP contribution is -2.22. The summed E-state index contributed by atoms with van der Waals surface area (Å²) in [5, 5.41) is 7.86. The van der Waals surface area contributed by atoms with E-state index in [0.717, 1.165) is 23.2 Å². The van der Waals surface area contributed by atoms with E-state index in [0.29, 0.717) is 24.9 Å². The van der Waals surface area contributed by atoms with Crippen LogP contribution in [0, 0.1) is 0 Å². The van der Waals surface area contributed by atoms with Gasteiger partial charge in [-0.1, -0.05) is 24.3 Å². The summed E-state index contributed by atoms with van der Waals surface area (Å²) in [5.41, 5.74) is 2.88. The monoisotopic (exact) mass is 373 g/mol. The highest BCUT2D eigenvalue weighted by Gasteiger charge is 2.16. The van der Waals surface area contributed by atoms with Crippen LogP contribution in [0.2, 0.25) is 0 Å². The predicted molar refractivity (Wildman–Crippen MR) is 98.6 cm³/mol. The fourth-order valence-electron chi connectivity index (χ4n) is 2.33. The Morgan fingerprint density at radius 2 is 2.04 bits per heavy atom. The number of carbonyl (C=O) groups is 2. The fraction of sp³-hybridized carbons (Fsp3) is 0.278. The van der Waals surface area contributed by atoms with Crippen LogP contribution in [0.4, 0.5) is 5.13 Å². The van der Waals surface area contributed by atoms with E-state index in [2.05, 4.69) is 15.6 Å². The molecule has 0 spiro atoms. The van der Waals surface area contributed by atoms with Crippen molar-refractivity contribution in [2.45, 2.75) is 13.3 Å². The maximum atomic E-state index is 12.1. The molecule has 0 aliphatic carbocycles. The second kappa shape index (κ2) is 8.48. The lowest BCUT2D eigenvalue weighted by molar-refractivity contribution is -0.119. The number of rotatable bonds is 6. The molecule has 2 N–H and O–H groups in total. The molecular formula is C18H19N3O4S. The first-order valence-electron chi connectivity index (χ1n) is 8.17. The third kappa shape index (κ3) is 4.82. The van der Waals surface area contributed by atoms with E-state index in [9.17, 15) is 9.59 Å². The van der Waals surface area contributed by atoms with Crippen molar-refractivity contribution in [3.05, 3.63) is 47.2 Å². The maximum absolute atomic E-state index is 12.1. The van der Waals surface area contributed by atoms with Gasteiger partial charge in [-0.15, -0.1) is 11.3 Å². The van der Waals surface area contributed by atoms with E-state index in [1.807, 2.05) is 29.6 Å². The summed E-state index contributed by atoms with van der Waals surface area (Å²) in [6.45, 7) is 2.92. The Balaban J connectivity index is 1.59. The molecule has 7 nitrogen and oxygen atoms in total. The minimum Gasteiger partial charge on any atom is -0.494 e. The Labute approximate surface area is 155 Å². The molecule has 0 saturated heterocycles. The van der Waals surface area contributed by atoms with Crippen molar-refractivity contribution < 1.29 is 19.1 Å². The van der Waals surface area contributed by atoms with Crippen LogP contribution >= 0.6 is 11.3 Å². The maximum Gasteiger partial charge on any atom is 0.295 e. The molecule has 1 aromatic carbocycles. The first-order valence-corrected chi connectivity index (χ1v) is 9.05. The van der Waals surface area contributed by atoms with Crippen LogP contribution in [0.25, 0.3) is 11.3 Å². The fourth-order valence-corrected chi connectivity index (χ4v) is 3.05. The lowest BCUT2D eigenvalue weighted by atomic mass is 10.1. The van der Waals surface area contributed by atoms with Crippen molar-refractivity contribution in [3.63, 3.8) is 0 Å². The van der Waals surface area contributed by atoms with Gasteiger partial charge in [0.2, 0.25) is 11.7 Å². The second-order valence-electron chi connectivity index (χ2n) is 5.62. The topological polar surface area (TPSA) is 89.6 Å². The summed E-state index contributed by atoms with van der Waals surface area (Å²) < 4.78 is 10.3. The summed E-state index contributed by atoms with van der Waals surface area (Å²) in [5.74, 6) is -0.255. The van der Waals surface area contributed by atoms with Gasteiger partial charge < -0.3 is 14.8 Å². The van der Waals surface area contributed by atoms with Crippen molar-refractivity contribution in [3.8, 4) is 11.3 Å². The zero-order chi connectivity index (χ0) is 18.4. The van der Waals surface area contributed by atoms with Crippen LogP contribution in [-0.4, -0.2) is 36.6 Å². The van der Waals surface area contributed by atoms with Crippen LogP contribution in [0.1, 0.15) is 12.5 Å². The number of anilines is 1. The van der Waals surface area contributed by atoms with E-state index in [-0.39, 0.29) is 17.6 Å². The highest BCUT2D eigenvalue weighted by Crippen LogP contribution is 2.25. The number of hydrogen-bond donors (Lipinski definition) is 2. The highest BCUT2D eigenvalue weighted by atomic mass is 32.1. The van der Waals surface area contributed by atoms with Gasteiger partial charge in [-0.05, 0) is 12.0 Å². The highest BCUT2D eigenvalue weighted by molar-refractivity contribution is 7.14. The van der Waals surface area contributed by atoms with Gasteiger partial charge in [-0.25, -0.2) is 4.98 Å². The normalized spacial score (nSPS) is 13.2. The number of carbonyl (C=O) groups excluding carboxylic acids is 2. The molecule has 2 amide bonds. The van der Waals surface area contributed by atoms with Crippen molar-refractivity contribution in [1.29, 1.82) is 0 Å². The number of hydrogen-bond acceptors (Lipinski definition) is 6. The number of nitrogens with one attached hydrogen (secondary N) is 2. The summed E-state index contributed by atoms with van der Waals surface area (Å²) in [4.78, 5) is 27.4. The first-order chi connectivity index (χ1) is 12.6. The van der Waals surface area contributed by atoms with Gasteiger partial charge in [0.15, 0.2) is 5.13 Å². The summed E-state index contributed by atoms with van der Waals surface area (Å²) in [7, 11) is 0. The zero-order valence-corrected chi connectivity index (χ0v) is 15.1. The van der Waals surface area contributed by atoms with E-state index in [1.54, 1.807) is 0 Å². The molecule has 0 atom stereocenters. The minimum absolute atomic E-state index is 0.0281. The van der Waals surface area contributed by atoms with Crippen molar-refractivity contribution >= 4 is 28.3 Å². The number of amides is 2. The molecule has 136 valence electrons. The molecule has 0 unspecified atom stereocenters. The molecule has 1 aliphatic heterocycles. The number of ether oxygens (including phenoxy) is 2. The van der Waals surface area contributed by atoms with Gasteiger partial charge in [0.25, 0.3) is 5.91 Å². The molecule has 26 heavy (non-hydrogen) atoms. The average Bonchev–Trinajstić information content (AvgIpc) is 3.11. The molecule has 0 fully saturated rings. The minimum atomic E-state index is -0.376. The number of nitrogens with zero attached hydrogens (tertiary/aromatic N) is 1. The van der Waals surface area contributed by atoms with E-state index in [4.69, 9.17) is 9.47 Å². The Hall–Kier alpha value is -2.87. The smallest absolute Gasteiger partial charge is 0.295 e. The molecule has 8 heteroatoms. The Bertz CT molecular complexity index is 814. The van der Waals surface area contributed by atoms with Gasteiger partial charge in [-0.2, -0.15) is 0 Å². The second-order valence-corrected chi connectivity index (χ2v) is 6.48. The van der Waals surface area contributed by atoms with E-state index in [1.165, 1.54) is 24.5 Å². The SMILES string of the molecule is CC(=O)NCCc1ccc(-c2csc(NC(=O)C3=COCCO3)n2)cc1. The van der Waals surface area contributed by atoms with Gasteiger partial charge in [-0.3, -0.25) is 14.9 Å². The van der Waals surface area contributed by atoms with Crippen molar-refractivity contribution in [2.24, 2.45) is 0 Å². The van der Waals surface area contributed by atoms with Gasteiger partial charge in [0, 0.05) is 24.4 Å². The summed E-state index contributed by atoms with van der Waals surface area (Å²) in [6.07, 6.45) is 2.09. The van der Waals surface area contributed by atoms with Crippen LogP contribution in [-0.2, 0) is 25.5 Å². The molecule has 1 aliphatic rings. The summed E-state index contributed by atoms with van der Waals surface area (Å²) in [6, 6.07) is 7.97. The number of benzene rings is 1. The average molecular weight is 373 g/mol. The molecule has 0 saturated carbocycles. The van der Waals surface area contributed by atoms with Crippen LogP contribution < -0.4 is 10.6 Å². The van der Waals surface area contributed by atoms with E-state index >= 15 is 0 Å². The largest absolute Gasteiger partial charge is 0.494 e. The van der Waals surface area contributed by atoms with Crippen LogP contribution in [0.5, 0.6) is 0 Å². The molecular weight excluding hydrogens is 354 g/mol. The zero-order valence-electron chi connectivity index (χ0n) is 14.3. The quantitative estimate of drug-likeness (QED) is 0.811. The van der Waals surface area contributed by atoms with Gasteiger partial charge >= 0.3 is 0 Å². The number of aromatic nitrogens is 1. The van der Waals surface area contributed by atoms with E-state index < -0.39 is 0 Å². The van der Waals surface area contributed by atoms with Crippen molar-refractivity contribution in [1.82, 2.24) is 10.3 Å². The van der Waals surface area contributed by atoms with Gasteiger partial charge in [0.05, 0.1) is 5.69 Å². The third-order valence-electron chi connectivity index (χ3n) is 3.63. The number of thiazole rings is 1. The van der Waals surface area contributed by atoms with Crippen molar-refractivity contribution in [2.75, 3.05) is 25.1 Å². The standard InChI is InChI=1S/C18H19N3O4S/c1-12(22)19-7-6-13-2-4-14(5-3-13)15-11-26-18(20-15)21-17(23)16-10-24-8-9-25-16/h2-5,10-11H,6-9H2,1H3,(H,19,22)(H,20,21,23). The lowest BCUT2D eigenvalue weighted by Gasteiger charge is -2.14. The summed E-state index contributed by atoms with van der Waals surface area (Å²) >= 11 is 1.34. The third-order valence-corrected chi connectivity index (χ3v) is 4.39. The Kier molecular flexibility index (Phi) is 5.85. The molecule has 0 radical (unpaired) electrons. The Morgan fingerprint density at radius 1 is 1.23 bits per heavy atom. The molecule has 2 aromatic rings. The molecule has 2 heterocycles. The first kappa shape index (κ1) is 17.9. The molecule has 3 rings (SSSR count). The predicted octanol–water partition coefficient (Wildman–Crippen LogP) is 2.32. The van der Waals surface area contributed by atoms with Crippen LogP contribution in [0.3, 0.4) is 0 Å². The van der Waals surface area contributed by atoms with Gasteiger partial charge in [0.1, 0.15) is 19.5 Å². The van der Waals surface area contributed by atoms with Crippen LogP contribution in [0.15, 0.2) is 41.7 Å². The molecule has 0 bridgehead atoms.